The van der Waals surface area contributed by atoms with Gasteiger partial charge in [-0.05, 0) is 19.3 Å². The molecule has 7 nitrogen and oxygen atoms in total. The van der Waals surface area contributed by atoms with Crippen LogP contribution in [0.3, 0.4) is 0 Å². The van der Waals surface area contributed by atoms with Gasteiger partial charge in [0.15, 0.2) is 0 Å². The fourth-order valence-corrected chi connectivity index (χ4v) is 6.60. The number of carbonyl (C=O) groups is 1. The molecule has 3 saturated heterocycles. The largest absolute Gasteiger partial charge is 0.379 e. The molecule has 4 rings (SSSR count). The third kappa shape index (κ3) is 2.67. The average molecular weight is 358 g/mol. The van der Waals surface area contributed by atoms with Gasteiger partial charge in [0.05, 0.1) is 25.4 Å². The van der Waals surface area contributed by atoms with E-state index in [9.17, 15) is 13.2 Å². The molecule has 0 aromatic heterocycles. The van der Waals surface area contributed by atoms with Crippen molar-refractivity contribution < 1.29 is 22.7 Å². The molecule has 1 aliphatic carbocycles. The molecule has 1 amide bonds. The molecule has 0 radical (unpaired) electrons. The Morgan fingerprint density at radius 2 is 1.71 bits per heavy atom. The van der Waals surface area contributed by atoms with Crippen LogP contribution in [0.15, 0.2) is 0 Å². The number of ether oxygens (including phenoxy) is 2. The van der Waals surface area contributed by atoms with Crippen molar-refractivity contribution >= 4 is 15.9 Å². The van der Waals surface area contributed by atoms with Gasteiger partial charge in [-0.3, -0.25) is 4.79 Å². The summed E-state index contributed by atoms with van der Waals surface area (Å²) in [5, 5.41) is -0.474. The summed E-state index contributed by atoms with van der Waals surface area (Å²) in [6.07, 6.45) is 4.82. The van der Waals surface area contributed by atoms with Crippen molar-refractivity contribution in [1.29, 1.82) is 0 Å². The second-order valence-corrected chi connectivity index (χ2v) is 9.68. The lowest BCUT2D eigenvalue weighted by atomic mass is 9.99. The average Bonchev–Trinajstić information content (AvgIpc) is 3.18. The lowest BCUT2D eigenvalue weighted by Gasteiger charge is -2.47. The van der Waals surface area contributed by atoms with Crippen molar-refractivity contribution in [3.05, 3.63) is 0 Å². The number of nitrogens with zero attached hydrogens (tertiary/aromatic N) is 2. The first-order chi connectivity index (χ1) is 11.5. The summed E-state index contributed by atoms with van der Waals surface area (Å²) in [6.45, 7) is 2.88. The maximum absolute atomic E-state index is 13.1. The molecule has 1 spiro atoms. The Kier molecular flexibility index (Phi) is 4.35. The fourth-order valence-electron chi connectivity index (χ4n) is 4.44. The Bertz CT molecular complexity index is 590. The lowest BCUT2D eigenvalue weighted by Crippen LogP contribution is -2.67. The van der Waals surface area contributed by atoms with Crippen LogP contribution in [0.5, 0.6) is 0 Å². The SMILES string of the molecule is O=C(C1CCCC1)N1CC(S(=O)(=O)N2CCOCC23CCOC3)C1. The summed E-state index contributed by atoms with van der Waals surface area (Å²) in [7, 11) is -3.43. The zero-order chi connectivity index (χ0) is 16.8. The van der Waals surface area contributed by atoms with E-state index in [2.05, 4.69) is 0 Å². The molecule has 0 bridgehead atoms. The smallest absolute Gasteiger partial charge is 0.225 e. The predicted octanol–water partition coefficient (Wildman–Crippen LogP) is 0.209. The van der Waals surface area contributed by atoms with E-state index in [1.54, 1.807) is 9.21 Å². The van der Waals surface area contributed by atoms with Gasteiger partial charge < -0.3 is 14.4 Å². The topological polar surface area (TPSA) is 76.2 Å². The van der Waals surface area contributed by atoms with E-state index in [-0.39, 0.29) is 11.8 Å². The molecule has 0 aromatic rings. The number of hydrogen-bond acceptors (Lipinski definition) is 5. The molecule has 3 heterocycles. The van der Waals surface area contributed by atoms with E-state index in [0.29, 0.717) is 52.5 Å². The molecule has 1 saturated carbocycles. The summed E-state index contributed by atoms with van der Waals surface area (Å²) < 4.78 is 38.8. The number of amides is 1. The maximum atomic E-state index is 13.1. The molecule has 1 unspecified atom stereocenters. The first-order valence-electron chi connectivity index (χ1n) is 8.99. The van der Waals surface area contributed by atoms with Crippen LogP contribution in [0, 0.1) is 5.92 Å². The van der Waals surface area contributed by atoms with Crippen LogP contribution in [-0.2, 0) is 24.3 Å². The van der Waals surface area contributed by atoms with Crippen LogP contribution < -0.4 is 0 Å². The standard InChI is InChI=1S/C16H26N2O5S/c19-15(13-3-1-2-4-13)17-9-14(10-17)24(20,21)18-6-8-23-12-16(18)5-7-22-11-16/h13-14H,1-12H2. The molecule has 0 N–H and O–H groups in total. The van der Waals surface area contributed by atoms with Crippen LogP contribution in [-0.4, -0.2) is 80.4 Å². The van der Waals surface area contributed by atoms with Crippen molar-refractivity contribution in [2.75, 3.05) is 46.1 Å². The highest BCUT2D eigenvalue weighted by Crippen LogP contribution is 2.35. The van der Waals surface area contributed by atoms with Gasteiger partial charge in [0.25, 0.3) is 0 Å². The van der Waals surface area contributed by atoms with Crippen molar-refractivity contribution in [2.24, 2.45) is 5.92 Å². The Morgan fingerprint density at radius 1 is 1.04 bits per heavy atom. The molecular weight excluding hydrogens is 332 g/mol. The van der Waals surface area contributed by atoms with Gasteiger partial charge in [0, 0.05) is 32.2 Å². The van der Waals surface area contributed by atoms with E-state index in [1.165, 1.54) is 0 Å². The van der Waals surface area contributed by atoms with Gasteiger partial charge in [-0.1, -0.05) is 12.8 Å². The first-order valence-corrected chi connectivity index (χ1v) is 10.5. The van der Waals surface area contributed by atoms with Gasteiger partial charge in [-0.25, -0.2) is 8.42 Å². The predicted molar refractivity (Wildman–Crippen MR) is 86.9 cm³/mol. The van der Waals surface area contributed by atoms with Crippen LogP contribution in [0.25, 0.3) is 0 Å². The summed E-state index contributed by atoms with van der Waals surface area (Å²) >= 11 is 0. The zero-order valence-corrected chi connectivity index (χ0v) is 14.8. The highest BCUT2D eigenvalue weighted by atomic mass is 32.2. The highest BCUT2D eigenvalue weighted by molar-refractivity contribution is 7.89. The Morgan fingerprint density at radius 3 is 2.33 bits per heavy atom. The minimum atomic E-state index is -3.43. The zero-order valence-electron chi connectivity index (χ0n) is 14.0. The number of likely N-dealkylation sites (tertiary alicyclic amines) is 1. The van der Waals surface area contributed by atoms with Crippen molar-refractivity contribution in [2.45, 2.75) is 42.9 Å². The van der Waals surface area contributed by atoms with Gasteiger partial charge in [-0.2, -0.15) is 4.31 Å². The van der Waals surface area contributed by atoms with Gasteiger partial charge in [0.1, 0.15) is 5.25 Å². The summed E-state index contributed by atoms with van der Waals surface area (Å²) in [5.74, 6) is 0.270. The van der Waals surface area contributed by atoms with E-state index < -0.39 is 20.8 Å². The van der Waals surface area contributed by atoms with Crippen LogP contribution in [0.4, 0.5) is 0 Å². The van der Waals surface area contributed by atoms with Crippen molar-refractivity contribution in [3.63, 3.8) is 0 Å². The van der Waals surface area contributed by atoms with Crippen LogP contribution >= 0.6 is 0 Å². The van der Waals surface area contributed by atoms with Gasteiger partial charge in [-0.15, -0.1) is 0 Å². The summed E-state index contributed by atoms with van der Waals surface area (Å²) in [5.41, 5.74) is -0.535. The third-order valence-electron chi connectivity index (χ3n) is 6.01. The lowest BCUT2D eigenvalue weighted by molar-refractivity contribution is -0.138. The highest BCUT2D eigenvalue weighted by Gasteiger charge is 2.53. The molecular formula is C16H26N2O5S. The first kappa shape index (κ1) is 16.8. The Balaban J connectivity index is 1.43. The van der Waals surface area contributed by atoms with E-state index >= 15 is 0 Å². The normalized spacial score (nSPS) is 33.2. The number of morpholine rings is 1. The number of sulfonamides is 1. The molecule has 1 atom stereocenters. The molecule has 0 aromatic carbocycles. The number of rotatable bonds is 3. The molecule has 24 heavy (non-hydrogen) atoms. The molecule has 3 aliphatic heterocycles. The Labute approximate surface area is 143 Å². The summed E-state index contributed by atoms with van der Waals surface area (Å²) in [4.78, 5) is 14.1. The monoisotopic (exact) mass is 358 g/mol. The van der Waals surface area contributed by atoms with E-state index in [0.717, 1.165) is 25.7 Å². The second-order valence-electron chi connectivity index (χ2n) is 7.54. The maximum Gasteiger partial charge on any atom is 0.225 e. The van der Waals surface area contributed by atoms with Crippen LogP contribution in [0.2, 0.25) is 0 Å². The molecule has 136 valence electrons. The Hall–Kier alpha value is -0.700. The quantitative estimate of drug-likeness (QED) is 0.721. The number of carbonyl (C=O) groups excluding carboxylic acids is 1. The summed E-state index contributed by atoms with van der Waals surface area (Å²) in [6, 6.07) is 0. The van der Waals surface area contributed by atoms with Crippen molar-refractivity contribution in [3.8, 4) is 0 Å². The molecule has 8 heteroatoms. The van der Waals surface area contributed by atoms with Crippen LogP contribution in [0.1, 0.15) is 32.1 Å². The fraction of sp³-hybridized carbons (Fsp3) is 0.938. The number of hydrogen-bond donors (Lipinski definition) is 0. The molecule has 4 fully saturated rings. The van der Waals surface area contributed by atoms with Gasteiger partial charge in [0.2, 0.25) is 15.9 Å². The molecule has 4 aliphatic rings. The van der Waals surface area contributed by atoms with Crippen molar-refractivity contribution in [1.82, 2.24) is 9.21 Å². The van der Waals surface area contributed by atoms with Gasteiger partial charge >= 0.3 is 0 Å². The van der Waals surface area contributed by atoms with E-state index in [4.69, 9.17) is 9.47 Å². The minimum Gasteiger partial charge on any atom is -0.379 e. The second kappa shape index (κ2) is 6.23. The van der Waals surface area contributed by atoms with E-state index in [1.807, 2.05) is 0 Å². The minimum absolute atomic E-state index is 0.117. The third-order valence-corrected chi connectivity index (χ3v) is 8.34.